The van der Waals surface area contributed by atoms with Gasteiger partial charge < -0.3 is 24.8 Å². The first-order chi connectivity index (χ1) is 19.1. The van der Waals surface area contributed by atoms with Crippen molar-refractivity contribution in [2.45, 2.75) is 39.0 Å². The molecule has 1 saturated heterocycles. The van der Waals surface area contributed by atoms with Crippen molar-refractivity contribution in [3.8, 4) is 11.4 Å². The van der Waals surface area contributed by atoms with Crippen LogP contribution in [-0.2, 0) is 37.8 Å². The van der Waals surface area contributed by atoms with E-state index in [0.29, 0.717) is 17.1 Å². The molecular weight excluding hydrogens is 529 g/mol. The Morgan fingerprint density at radius 3 is 2.80 bits per heavy atom. The Bertz CT molecular complexity index is 1570. The highest BCUT2D eigenvalue weighted by molar-refractivity contribution is 6.32. The van der Waals surface area contributed by atoms with Gasteiger partial charge in [-0.3, -0.25) is 19.0 Å². The number of aryl methyl sites for hydroxylation is 1. The maximum absolute atomic E-state index is 14.0. The van der Waals surface area contributed by atoms with E-state index in [1.165, 1.54) is 38.7 Å². The number of rotatable bonds is 5. The van der Waals surface area contributed by atoms with Crippen molar-refractivity contribution >= 4 is 17.8 Å². The van der Waals surface area contributed by atoms with E-state index in [4.69, 9.17) is 9.47 Å². The molecule has 5 rings (SSSR count). The number of nitrogens with one attached hydrogen (secondary N) is 1. The predicted octanol–water partition coefficient (Wildman–Crippen LogP) is -0.0720. The van der Waals surface area contributed by atoms with Crippen LogP contribution in [0.4, 0.5) is 4.39 Å². The van der Waals surface area contributed by atoms with E-state index < -0.39 is 46.2 Å². The monoisotopic (exact) mass is 555 g/mol. The normalized spacial score (nSPS) is 18.0. The average molecular weight is 556 g/mol. The van der Waals surface area contributed by atoms with E-state index in [1.807, 2.05) is 0 Å². The molecule has 1 atom stereocenters. The molecule has 2 aliphatic heterocycles. The number of halogens is 1. The number of aromatic hydroxyl groups is 1. The zero-order valence-electron chi connectivity index (χ0n) is 21.7. The van der Waals surface area contributed by atoms with Crippen LogP contribution in [0, 0.1) is 12.7 Å². The second kappa shape index (κ2) is 10.5. The summed E-state index contributed by atoms with van der Waals surface area (Å²) in [5.41, 5.74) is -1.80. The summed E-state index contributed by atoms with van der Waals surface area (Å²) in [6.07, 6.45) is 1.51. The van der Waals surface area contributed by atoms with Crippen molar-refractivity contribution in [1.82, 2.24) is 34.5 Å². The highest BCUT2D eigenvalue weighted by Gasteiger charge is 2.49. The smallest absolute Gasteiger partial charge is 0.397 e. The number of fused-ring (bicyclic) bond motifs is 2. The van der Waals surface area contributed by atoms with E-state index >= 15 is 0 Å². The maximum atomic E-state index is 14.0. The molecule has 2 amide bonds. The lowest BCUT2D eigenvalue weighted by Gasteiger charge is -2.35. The summed E-state index contributed by atoms with van der Waals surface area (Å²) in [4.78, 5) is 60.4. The van der Waals surface area contributed by atoms with Crippen molar-refractivity contribution in [2.75, 3.05) is 26.3 Å². The van der Waals surface area contributed by atoms with Crippen molar-refractivity contribution in [1.29, 1.82) is 0 Å². The van der Waals surface area contributed by atoms with E-state index in [1.54, 1.807) is 13.8 Å². The van der Waals surface area contributed by atoms with Crippen molar-refractivity contribution < 1.29 is 33.4 Å². The fourth-order valence-corrected chi connectivity index (χ4v) is 4.91. The largest absolute Gasteiger partial charge is 0.501 e. The Kier molecular flexibility index (Phi) is 7.06. The first-order valence-corrected chi connectivity index (χ1v) is 12.5. The molecule has 1 unspecified atom stereocenters. The van der Waals surface area contributed by atoms with E-state index in [2.05, 4.69) is 20.4 Å². The van der Waals surface area contributed by atoms with Gasteiger partial charge in [0.2, 0.25) is 5.75 Å². The van der Waals surface area contributed by atoms with Gasteiger partial charge in [-0.15, -0.1) is 0 Å². The van der Waals surface area contributed by atoms with E-state index in [9.17, 15) is 28.7 Å². The van der Waals surface area contributed by atoms with Gasteiger partial charge in [0, 0.05) is 19.5 Å². The van der Waals surface area contributed by atoms with Crippen LogP contribution < -0.4 is 10.9 Å². The van der Waals surface area contributed by atoms with Crippen LogP contribution in [0.15, 0.2) is 29.3 Å². The van der Waals surface area contributed by atoms with Crippen LogP contribution in [0.25, 0.3) is 5.69 Å². The van der Waals surface area contributed by atoms with Crippen molar-refractivity contribution in [3.63, 3.8) is 0 Å². The van der Waals surface area contributed by atoms with Gasteiger partial charge >= 0.3 is 11.9 Å². The fourth-order valence-electron chi connectivity index (χ4n) is 4.91. The van der Waals surface area contributed by atoms with Crippen LogP contribution in [0.3, 0.4) is 0 Å². The van der Waals surface area contributed by atoms with Gasteiger partial charge in [0.15, 0.2) is 5.69 Å². The molecule has 40 heavy (non-hydrogen) atoms. The lowest BCUT2D eigenvalue weighted by molar-refractivity contribution is -0.160. The molecule has 0 saturated carbocycles. The molecule has 14 nitrogen and oxygen atoms in total. The number of carbonyl (C=O) groups excluding carboxylic acids is 3. The van der Waals surface area contributed by atoms with Crippen LogP contribution in [0.2, 0.25) is 0 Å². The van der Waals surface area contributed by atoms with Gasteiger partial charge in [-0.2, -0.15) is 5.10 Å². The molecule has 4 heterocycles. The van der Waals surface area contributed by atoms with Crippen molar-refractivity contribution in [2.24, 2.45) is 0 Å². The third-order valence-corrected chi connectivity index (χ3v) is 6.86. The molecule has 0 radical (unpaired) electrons. The summed E-state index contributed by atoms with van der Waals surface area (Å²) in [5.74, 6) is -3.52. The first kappa shape index (κ1) is 26.9. The number of aromatic nitrogens is 5. The van der Waals surface area contributed by atoms with Gasteiger partial charge in [0.1, 0.15) is 29.4 Å². The predicted molar refractivity (Wildman–Crippen MR) is 133 cm³/mol. The van der Waals surface area contributed by atoms with Crippen molar-refractivity contribution in [3.05, 3.63) is 63.6 Å². The molecule has 15 heteroatoms. The Morgan fingerprint density at radius 2 is 2.08 bits per heavy atom. The molecule has 3 aromatic rings. The molecule has 2 aliphatic rings. The number of benzene rings is 1. The minimum atomic E-state index is -1.27. The third kappa shape index (κ3) is 4.68. The molecule has 210 valence electrons. The summed E-state index contributed by atoms with van der Waals surface area (Å²) >= 11 is 0. The fraction of sp³-hybridized carbons (Fsp3) is 0.400. The molecule has 0 aliphatic carbocycles. The number of carbonyl (C=O) groups is 3. The van der Waals surface area contributed by atoms with Gasteiger partial charge in [0.05, 0.1) is 32.0 Å². The zero-order chi connectivity index (χ0) is 28.6. The number of likely N-dealkylation sites (tertiary alicyclic amines) is 1. The molecule has 2 aromatic heterocycles. The van der Waals surface area contributed by atoms with Gasteiger partial charge in [0.25, 0.3) is 11.5 Å². The number of hydrogen-bond acceptors (Lipinski definition) is 10. The van der Waals surface area contributed by atoms with Crippen LogP contribution in [0.5, 0.6) is 5.75 Å². The molecule has 1 fully saturated rings. The summed E-state index contributed by atoms with van der Waals surface area (Å²) in [6.45, 7) is 3.39. The van der Waals surface area contributed by atoms with Crippen LogP contribution in [0.1, 0.15) is 41.0 Å². The Morgan fingerprint density at radius 1 is 1.27 bits per heavy atom. The third-order valence-electron chi connectivity index (χ3n) is 6.86. The number of ether oxygens (including phenoxy) is 2. The Balaban J connectivity index is 1.43. The second-order valence-corrected chi connectivity index (χ2v) is 9.30. The standard InChI is InChI=1S/C25H26FN7O7/c1-3-39-23(38)22(37)31-7-6-25(12-31)24-30-18(19(34)21(36)32(24)8-9-40-25)20(35)27-11-15-4-5-16(26)10-17(15)33-14(2)28-13-29-33/h4-5,10,13,34H,3,6-9,11-12H2,1-2H3,(H,27,35). The van der Waals surface area contributed by atoms with Gasteiger partial charge in [-0.1, -0.05) is 6.07 Å². The quantitative estimate of drug-likeness (QED) is 0.321. The average Bonchev–Trinajstić information content (AvgIpc) is 3.56. The molecule has 1 aromatic carbocycles. The van der Waals surface area contributed by atoms with Gasteiger partial charge in [-0.05, 0) is 31.5 Å². The van der Waals surface area contributed by atoms with Crippen LogP contribution in [-0.4, -0.2) is 78.4 Å². The topological polar surface area (TPSA) is 171 Å². The molecule has 2 N–H and O–H groups in total. The highest BCUT2D eigenvalue weighted by atomic mass is 19.1. The highest BCUT2D eigenvalue weighted by Crippen LogP contribution is 2.37. The minimum absolute atomic E-state index is 0.0371. The number of esters is 1. The Labute approximate surface area is 226 Å². The van der Waals surface area contributed by atoms with E-state index in [0.717, 1.165) is 0 Å². The zero-order valence-corrected chi connectivity index (χ0v) is 21.7. The number of nitrogens with zero attached hydrogens (tertiary/aromatic N) is 6. The second-order valence-electron chi connectivity index (χ2n) is 9.30. The summed E-state index contributed by atoms with van der Waals surface area (Å²) in [7, 11) is 0. The Hall–Kier alpha value is -4.66. The SMILES string of the molecule is CCOC(=O)C(=O)N1CCC2(C1)OCCn1c2nc(C(=O)NCc2ccc(F)cc2-n2ncnc2C)c(O)c1=O. The summed E-state index contributed by atoms with van der Waals surface area (Å²) in [6, 6.07) is 3.94. The summed E-state index contributed by atoms with van der Waals surface area (Å²) < 4.78 is 27.4. The lowest BCUT2D eigenvalue weighted by Crippen LogP contribution is -2.48. The summed E-state index contributed by atoms with van der Waals surface area (Å²) in [5, 5.41) is 17.3. The number of amides is 2. The number of hydrogen-bond donors (Lipinski definition) is 2. The molecule has 0 bridgehead atoms. The maximum Gasteiger partial charge on any atom is 0.397 e. The lowest BCUT2D eigenvalue weighted by atomic mass is 9.99. The van der Waals surface area contributed by atoms with Gasteiger partial charge in [-0.25, -0.2) is 23.8 Å². The van der Waals surface area contributed by atoms with E-state index in [-0.39, 0.29) is 51.6 Å². The molecular formula is C25H26FN7O7. The first-order valence-electron chi connectivity index (χ1n) is 12.5. The molecule has 1 spiro atoms. The van der Waals surface area contributed by atoms with Crippen LogP contribution >= 0.6 is 0 Å². The minimum Gasteiger partial charge on any atom is -0.501 e.